The smallest absolute Gasteiger partial charge is 0.410 e. The number of benzene rings is 1. The summed E-state index contributed by atoms with van der Waals surface area (Å²) in [5, 5.41) is 12.3. The van der Waals surface area contributed by atoms with Gasteiger partial charge in [0, 0.05) is 19.6 Å². The molecule has 0 radical (unpaired) electrons. The van der Waals surface area contributed by atoms with E-state index in [2.05, 4.69) is 11.4 Å². The Hall–Kier alpha value is -2.06. The highest BCUT2D eigenvalue weighted by Gasteiger charge is 2.31. The van der Waals surface area contributed by atoms with Gasteiger partial charge in [-0.05, 0) is 38.5 Å². The molecule has 0 spiro atoms. The van der Waals surface area contributed by atoms with Gasteiger partial charge in [0.05, 0.1) is 17.7 Å². The lowest BCUT2D eigenvalue weighted by molar-refractivity contribution is 0.0118. The number of carbonyl (C=O) groups excluding carboxylic acids is 1. The first kappa shape index (κ1) is 15.3. The Morgan fingerprint density at radius 1 is 1.48 bits per heavy atom. The van der Waals surface area contributed by atoms with Crippen LogP contribution in [0.1, 0.15) is 37.9 Å². The Labute approximate surface area is 125 Å². The Balaban J connectivity index is 2.23. The molecule has 1 unspecified atom stereocenters. The summed E-state index contributed by atoms with van der Waals surface area (Å²) in [6, 6.07) is 9.40. The van der Waals surface area contributed by atoms with Crippen LogP contribution in [0.2, 0.25) is 0 Å². The number of hydrogen-bond donors (Lipinski definition) is 1. The lowest BCUT2D eigenvalue weighted by Gasteiger charge is -2.37. The molecule has 5 nitrogen and oxygen atoms in total. The average molecular weight is 287 g/mol. The summed E-state index contributed by atoms with van der Waals surface area (Å²) in [6.45, 7) is 7.58. The van der Waals surface area contributed by atoms with Crippen molar-refractivity contribution < 1.29 is 9.53 Å². The molecule has 0 aromatic heterocycles. The van der Waals surface area contributed by atoms with Gasteiger partial charge in [-0.3, -0.25) is 4.90 Å². The molecule has 0 aliphatic carbocycles. The maximum absolute atomic E-state index is 12.4. The predicted octanol–water partition coefficient (Wildman–Crippen LogP) is 2.44. The standard InChI is InChI=1S/C16H21N3O2/c1-16(2,3)21-15(20)19-8-7-18-11-14(19)13-6-4-5-12(9-13)10-17/h4-6,9,14,18H,7-8,11H2,1-3H3. The van der Waals surface area contributed by atoms with E-state index in [0.29, 0.717) is 18.7 Å². The molecule has 1 heterocycles. The molecule has 1 aromatic carbocycles. The first-order chi connectivity index (χ1) is 9.90. The second kappa shape index (κ2) is 6.15. The number of amides is 1. The van der Waals surface area contributed by atoms with Crippen LogP contribution in [-0.2, 0) is 4.74 Å². The van der Waals surface area contributed by atoms with Gasteiger partial charge in [-0.15, -0.1) is 0 Å². The molecule has 1 aliphatic rings. The van der Waals surface area contributed by atoms with Gasteiger partial charge in [-0.1, -0.05) is 12.1 Å². The number of carbonyl (C=O) groups is 1. The zero-order chi connectivity index (χ0) is 15.5. The SMILES string of the molecule is CC(C)(C)OC(=O)N1CCNCC1c1cccc(C#N)c1. The van der Waals surface area contributed by atoms with Crippen molar-refractivity contribution in [2.45, 2.75) is 32.4 Å². The summed E-state index contributed by atoms with van der Waals surface area (Å²) in [5.41, 5.74) is 1.04. The van der Waals surface area contributed by atoms with Crippen molar-refractivity contribution >= 4 is 6.09 Å². The quantitative estimate of drug-likeness (QED) is 0.861. The highest BCUT2D eigenvalue weighted by molar-refractivity contribution is 5.69. The number of ether oxygens (including phenoxy) is 1. The van der Waals surface area contributed by atoms with Crippen molar-refractivity contribution in [2.24, 2.45) is 0 Å². The van der Waals surface area contributed by atoms with Crippen molar-refractivity contribution in [2.75, 3.05) is 19.6 Å². The summed E-state index contributed by atoms with van der Waals surface area (Å²) in [7, 11) is 0. The third kappa shape index (κ3) is 3.96. The zero-order valence-corrected chi connectivity index (χ0v) is 12.7. The van der Waals surface area contributed by atoms with Gasteiger partial charge in [0.25, 0.3) is 0 Å². The molecule has 2 rings (SSSR count). The summed E-state index contributed by atoms with van der Waals surface area (Å²) < 4.78 is 5.48. The van der Waals surface area contributed by atoms with Gasteiger partial charge < -0.3 is 10.1 Å². The normalized spacial score (nSPS) is 19.0. The second-order valence-electron chi connectivity index (χ2n) is 6.13. The molecular weight excluding hydrogens is 266 g/mol. The van der Waals surface area contributed by atoms with E-state index in [1.54, 1.807) is 11.0 Å². The van der Waals surface area contributed by atoms with Crippen LogP contribution in [0.25, 0.3) is 0 Å². The maximum atomic E-state index is 12.4. The van der Waals surface area contributed by atoms with Gasteiger partial charge in [0.2, 0.25) is 0 Å². The number of piperazine rings is 1. The molecule has 1 N–H and O–H groups in total. The van der Waals surface area contributed by atoms with E-state index in [0.717, 1.165) is 12.1 Å². The van der Waals surface area contributed by atoms with Crippen LogP contribution in [0.5, 0.6) is 0 Å². The fraction of sp³-hybridized carbons (Fsp3) is 0.500. The summed E-state index contributed by atoms with van der Waals surface area (Å²) in [5.74, 6) is 0. The highest BCUT2D eigenvalue weighted by Crippen LogP contribution is 2.25. The van der Waals surface area contributed by atoms with Gasteiger partial charge in [0.15, 0.2) is 0 Å². The summed E-state index contributed by atoms with van der Waals surface area (Å²) >= 11 is 0. The minimum atomic E-state index is -0.513. The van der Waals surface area contributed by atoms with Crippen molar-refractivity contribution in [1.29, 1.82) is 5.26 Å². The van der Waals surface area contributed by atoms with Crippen molar-refractivity contribution in [3.05, 3.63) is 35.4 Å². The molecule has 0 saturated carbocycles. The fourth-order valence-electron chi connectivity index (χ4n) is 2.36. The third-order valence-electron chi connectivity index (χ3n) is 3.27. The molecule has 1 aliphatic heterocycles. The van der Waals surface area contributed by atoms with Gasteiger partial charge in [-0.25, -0.2) is 4.79 Å². The molecular formula is C16H21N3O2. The van der Waals surface area contributed by atoms with E-state index in [9.17, 15) is 4.79 Å². The molecule has 112 valence electrons. The van der Waals surface area contributed by atoms with E-state index in [1.165, 1.54) is 0 Å². The van der Waals surface area contributed by atoms with Crippen molar-refractivity contribution in [1.82, 2.24) is 10.2 Å². The number of nitrogens with zero attached hydrogens (tertiary/aromatic N) is 2. The molecule has 1 atom stereocenters. The Morgan fingerprint density at radius 3 is 2.90 bits per heavy atom. The number of nitrogens with one attached hydrogen (secondary N) is 1. The topological polar surface area (TPSA) is 65.4 Å². The first-order valence-corrected chi connectivity index (χ1v) is 7.11. The van der Waals surface area contributed by atoms with Crippen LogP contribution in [0.15, 0.2) is 24.3 Å². The van der Waals surface area contributed by atoms with E-state index < -0.39 is 5.60 Å². The summed E-state index contributed by atoms with van der Waals surface area (Å²) in [6.07, 6.45) is -0.309. The minimum absolute atomic E-state index is 0.109. The molecule has 5 heteroatoms. The number of nitriles is 1. The Kier molecular flexibility index (Phi) is 4.49. The Bertz CT molecular complexity index is 557. The van der Waals surface area contributed by atoms with Crippen LogP contribution in [0, 0.1) is 11.3 Å². The van der Waals surface area contributed by atoms with Crippen LogP contribution < -0.4 is 5.32 Å². The van der Waals surface area contributed by atoms with E-state index in [4.69, 9.17) is 10.00 Å². The highest BCUT2D eigenvalue weighted by atomic mass is 16.6. The van der Waals surface area contributed by atoms with Gasteiger partial charge in [0.1, 0.15) is 5.60 Å². The minimum Gasteiger partial charge on any atom is -0.444 e. The predicted molar refractivity (Wildman–Crippen MR) is 79.7 cm³/mol. The zero-order valence-electron chi connectivity index (χ0n) is 12.7. The number of hydrogen-bond acceptors (Lipinski definition) is 4. The lowest BCUT2D eigenvalue weighted by atomic mass is 10.0. The van der Waals surface area contributed by atoms with Crippen molar-refractivity contribution in [3.63, 3.8) is 0 Å². The van der Waals surface area contributed by atoms with Crippen LogP contribution in [0.4, 0.5) is 4.79 Å². The largest absolute Gasteiger partial charge is 0.444 e. The second-order valence-corrected chi connectivity index (χ2v) is 6.13. The summed E-state index contributed by atoms with van der Waals surface area (Å²) in [4.78, 5) is 14.1. The molecule has 1 aromatic rings. The van der Waals surface area contributed by atoms with Gasteiger partial charge in [-0.2, -0.15) is 5.26 Å². The average Bonchev–Trinajstić information content (AvgIpc) is 2.45. The first-order valence-electron chi connectivity index (χ1n) is 7.11. The van der Waals surface area contributed by atoms with Crippen LogP contribution >= 0.6 is 0 Å². The fourth-order valence-corrected chi connectivity index (χ4v) is 2.36. The number of rotatable bonds is 1. The molecule has 0 bridgehead atoms. The van der Waals surface area contributed by atoms with Gasteiger partial charge >= 0.3 is 6.09 Å². The maximum Gasteiger partial charge on any atom is 0.410 e. The van der Waals surface area contributed by atoms with Crippen LogP contribution in [-0.4, -0.2) is 36.2 Å². The molecule has 1 amide bonds. The lowest BCUT2D eigenvalue weighted by Crippen LogP contribution is -2.50. The van der Waals surface area contributed by atoms with E-state index in [-0.39, 0.29) is 12.1 Å². The molecule has 21 heavy (non-hydrogen) atoms. The molecule has 1 fully saturated rings. The van der Waals surface area contributed by atoms with Crippen LogP contribution in [0.3, 0.4) is 0 Å². The Morgan fingerprint density at radius 2 is 2.24 bits per heavy atom. The molecule has 1 saturated heterocycles. The van der Waals surface area contributed by atoms with E-state index >= 15 is 0 Å². The van der Waals surface area contributed by atoms with E-state index in [1.807, 2.05) is 39.0 Å². The van der Waals surface area contributed by atoms with Crippen molar-refractivity contribution in [3.8, 4) is 6.07 Å². The third-order valence-corrected chi connectivity index (χ3v) is 3.27. The monoisotopic (exact) mass is 287 g/mol.